The Labute approximate surface area is 160 Å². The molecular weight excluding hydrogens is 368 g/mol. The number of nitrogens with zero attached hydrogens (tertiary/aromatic N) is 1. The van der Waals surface area contributed by atoms with Gasteiger partial charge in [-0.05, 0) is 36.3 Å². The van der Waals surface area contributed by atoms with Gasteiger partial charge in [0.2, 0.25) is 5.91 Å². The van der Waals surface area contributed by atoms with Crippen molar-refractivity contribution in [2.75, 3.05) is 11.9 Å². The van der Waals surface area contributed by atoms with E-state index in [1.807, 2.05) is 31.2 Å². The molecule has 1 aliphatic rings. The summed E-state index contributed by atoms with van der Waals surface area (Å²) in [5, 5.41) is 12.3. The maximum Gasteiger partial charge on any atom is 0.266 e. The number of phenolic OH excluding ortho intramolecular Hbond substituents is 1. The van der Waals surface area contributed by atoms with Crippen LogP contribution in [0.4, 0.5) is 5.69 Å². The van der Waals surface area contributed by atoms with Crippen molar-refractivity contribution in [2.45, 2.75) is 6.92 Å². The molecule has 0 atom stereocenters. The van der Waals surface area contributed by atoms with Crippen LogP contribution in [0.5, 0.6) is 5.75 Å². The normalized spacial score (nSPS) is 15.6. The molecule has 2 aromatic rings. The molecule has 0 aliphatic carbocycles. The van der Waals surface area contributed by atoms with E-state index >= 15 is 0 Å². The van der Waals surface area contributed by atoms with Gasteiger partial charge < -0.3 is 10.4 Å². The first kappa shape index (κ1) is 18.2. The number of aromatic hydroxyl groups is 1. The number of hydrogen-bond donors (Lipinski definition) is 2. The van der Waals surface area contributed by atoms with Crippen molar-refractivity contribution in [2.24, 2.45) is 0 Å². The highest BCUT2D eigenvalue weighted by molar-refractivity contribution is 8.26. The largest absolute Gasteiger partial charge is 0.506 e. The highest BCUT2D eigenvalue weighted by atomic mass is 32.2. The lowest BCUT2D eigenvalue weighted by atomic mass is 10.1. The van der Waals surface area contributed by atoms with Gasteiger partial charge in [0.15, 0.2) is 0 Å². The molecular formula is C19H16N2O3S2. The van der Waals surface area contributed by atoms with Crippen LogP contribution in [-0.2, 0) is 9.59 Å². The summed E-state index contributed by atoms with van der Waals surface area (Å²) in [6.07, 6.45) is 1.79. The zero-order valence-electron chi connectivity index (χ0n) is 13.9. The Bertz CT molecular complexity index is 925. The van der Waals surface area contributed by atoms with Crippen molar-refractivity contribution in [3.63, 3.8) is 0 Å². The van der Waals surface area contributed by atoms with Gasteiger partial charge in [0, 0.05) is 0 Å². The van der Waals surface area contributed by atoms with Gasteiger partial charge in [0.25, 0.3) is 5.91 Å². The standard InChI is InChI=1S/C19H16N2O3S2/c1-12-6-2-3-7-13(12)10-16-18(24)21(19(25)26-16)11-17(23)20-14-8-4-5-9-15(14)22/h2-10,22H,11H2,1H3,(H,20,23)/b16-10-. The number of thioether (sulfide) groups is 1. The topological polar surface area (TPSA) is 69.6 Å². The second-order valence-electron chi connectivity index (χ2n) is 5.69. The van der Waals surface area contributed by atoms with E-state index in [9.17, 15) is 14.7 Å². The van der Waals surface area contributed by atoms with Crippen molar-refractivity contribution in [3.8, 4) is 5.75 Å². The van der Waals surface area contributed by atoms with Crippen LogP contribution in [0.15, 0.2) is 53.4 Å². The van der Waals surface area contributed by atoms with Crippen molar-refractivity contribution in [1.82, 2.24) is 4.90 Å². The van der Waals surface area contributed by atoms with Gasteiger partial charge >= 0.3 is 0 Å². The van der Waals surface area contributed by atoms with Crippen molar-refractivity contribution >= 4 is 51.9 Å². The molecule has 1 fully saturated rings. The first-order valence-electron chi connectivity index (χ1n) is 7.84. The molecule has 1 saturated heterocycles. The SMILES string of the molecule is Cc1ccccc1/C=C1\SC(=S)N(CC(=O)Nc2ccccc2O)C1=O. The molecule has 1 heterocycles. The fourth-order valence-corrected chi connectivity index (χ4v) is 3.68. The van der Waals surface area contributed by atoms with Gasteiger partial charge in [-0.2, -0.15) is 0 Å². The van der Waals surface area contributed by atoms with Crippen LogP contribution < -0.4 is 5.32 Å². The molecule has 7 heteroatoms. The molecule has 2 aromatic carbocycles. The number of nitrogens with one attached hydrogen (secondary N) is 1. The molecule has 5 nitrogen and oxygen atoms in total. The molecule has 2 N–H and O–H groups in total. The minimum absolute atomic E-state index is 0.0364. The van der Waals surface area contributed by atoms with E-state index in [4.69, 9.17) is 12.2 Å². The minimum atomic E-state index is -0.431. The third-order valence-corrected chi connectivity index (χ3v) is 5.21. The predicted molar refractivity (Wildman–Crippen MR) is 108 cm³/mol. The maximum absolute atomic E-state index is 12.6. The molecule has 0 radical (unpaired) electrons. The van der Waals surface area contributed by atoms with Gasteiger partial charge in [0.05, 0.1) is 10.6 Å². The number of carbonyl (C=O) groups excluding carboxylic acids is 2. The Kier molecular flexibility index (Phi) is 5.39. The lowest BCUT2D eigenvalue weighted by Gasteiger charge is -2.14. The van der Waals surface area contributed by atoms with Crippen LogP contribution in [0.1, 0.15) is 11.1 Å². The van der Waals surface area contributed by atoms with Crippen molar-refractivity contribution < 1.29 is 14.7 Å². The average Bonchev–Trinajstić information content (AvgIpc) is 2.86. The lowest BCUT2D eigenvalue weighted by Crippen LogP contribution is -2.36. The second kappa shape index (κ2) is 7.72. The molecule has 0 aromatic heterocycles. The number of carbonyl (C=O) groups is 2. The average molecular weight is 384 g/mol. The summed E-state index contributed by atoms with van der Waals surface area (Å²) in [6, 6.07) is 14.1. The van der Waals surface area contributed by atoms with E-state index in [-0.39, 0.29) is 18.2 Å². The summed E-state index contributed by atoms with van der Waals surface area (Å²) in [5.74, 6) is -0.763. The molecule has 26 heavy (non-hydrogen) atoms. The highest BCUT2D eigenvalue weighted by Gasteiger charge is 2.33. The highest BCUT2D eigenvalue weighted by Crippen LogP contribution is 2.33. The van der Waals surface area contributed by atoms with Gasteiger partial charge in [0.1, 0.15) is 16.6 Å². The third kappa shape index (κ3) is 3.95. The summed E-state index contributed by atoms with van der Waals surface area (Å²) >= 11 is 6.43. The molecule has 0 unspecified atom stereocenters. The fourth-order valence-electron chi connectivity index (χ4n) is 2.44. The van der Waals surface area contributed by atoms with Crippen molar-refractivity contribution in [1.29, 1.82) is 0 Å². The molecule has 0 bridgehead atoms. The number of para-hydroxylation sites is 2. The number of anilines is 1. The summed E-state index contributed by atoms with van der Waals surface area (Å²) in [5.41, 5.74) is 2.28. The lowest BCUT2D eigenvalue weighted by molar-refractivity contribution is -0.126. The van der Waals surface area contributed by atoms with E-state index < -0.39 is 5.91 Å². The monoisotopic (exact) mass is 384 g/mol. The Morgan fingerprint density at radius 1 is 1.23 bits per heavy atom. The first-order chi connectivity index (χ1) is 12.5. The van der Waals surface area contributed by atoms with Crippen LogP contribution in [0.25, 0.3) is 6.08 Å². The van der Waals surface area contributed by atoms with Crippen LogP contribution in [0.2, 0.25) is 0 Å². The number of phenols is 1. The number of benzene rings is 2. The van der Waals surface area contributed by atoms with E-state index in [1.54, 1.807) is 24.3 Å². The Hall–Kier alpha value is -2.64. The Morgan fingerprint density at radius 3 is 2.65 bits per heavy atom. The van der Waals surface area contributed by atoms with Gasteiger partial charge in [-0.15, -0.1) is 0 Å². The van der Waals surface area contributed by atoms with Crippen LogP contribution in [0, 0.1) is 6.92 Å². The van der Waals surface area contributed by atoms with Crippen LogP contribution >= 0.6 is 24.0 Å². The van der Waals surface area contributed by atoms with E-state index in [0.717, 1.165) is 11.1 Å². The Balaban J connectivity index is 1.72. The van der Waals surface area contributed by atoms with E-state index in [1.165, 1.54) is 22.7 Å². The minimum Gasteiger partial charge on any atom is -0.506 e. The number of thiocarbonyl (C=S) groups is 1. The van der Waals surface area contributed by atoms with Crippen LogP contribution in [-0.4, -0.2) is 32.7 Å². The van der Waals surface area contributed by atoms with Gasteiger partial charge in [-0.3, -0.25) is 14.5 Å². The molecule has 3 rings (SSSR count). The third-order valence-electron chi connectivity index (χ3n) is 3.83. The zero-order valence-corrected chi connectivity index (χ0v) is 15.6. The molecule has 2 amide bonds. The van der Waals surface area contributed by atoms with Gasteiger partial charge in [-0.1, -0.05) is 60.4 Å². The number of aryl methyl sites for hydroxylation is 1. The van der Waals surface area contributed by atoms with Gasteiger partial charge in [-0.25, -0.2) is 0 Å². The maximum atomic E-state index is 12.6. The zero-order chi connectivity index (χ0) is 18.7. The number of amides is 2. The first-order valence-corrected chi connectivity index (χ1v) is 9.07. The summed E-state index contributed by atoms with van der Waals surface area (Å²) in [6.45, 7) is 1.76. The summed E-state index contributed by atoms with van der Waals surface area (Å²) < 4.78 is 0.335. The van der Waals surface area contributed by atoms with E-state index in [2.05, 4.69) is 5.32 Å². The second-order valence-corrected chi connectivity index (χ2v) is 7.37. The van der Waals surface area contributed by atoms with E-state index in [0.29, 0.717) is 14.9 Å². The molecule has 1 aliphatic heterocycles. The van der Waals surface area contributed by atoms with Crippen LogP contribution in [0.3, 0.4) is 0 Å². The molecule has 132 valence electrons. The van der Waals surface area contributed by atoms with Crippen molar-refractivity contribution in [3.05, 3.63) is 64.6 Å². The summed E-state index contributed by atoms with van der Waals surface area (Å²) in [7, 11) is 0. The fraction of sp³-hybridized carbons (Fsp3) is 0.105. The number of hydrogen-bond acceptors (Lipinski definition) is 5. The Morgan fingerprint density at radius 2 is 1.92 bits per heavy atom. The predicted octanol–water partition coefficient (Wildman–Crippen LogP) is 3.54. The smallest absolute Gasteiger partial charge is 0.266 e. The molecule has 0 saturated carbocycles. The quantitative estimate of drug-likeness (QED) is 0.479. The molecule has 0 spiro atoms. The number of rotatable bonds is 4. The summed E-state index contributed by atoms with van der Waals surface area (Å²) in [4.78, 5) is 26.6.